The molecule has 1 aliphatic rings. The van der Waals surface area contributed by atoms with Crippen LogP contribution in [0.2, 0.25) is 0 Å². The normalized spacial score (nSPS) is 18.3. The molecule has 6 nitrogen and oxygen atoms in total. The second kappa shape index (κ2) is 6.67. The van der Waals surface area contributed by atoms with Gasteiger partial charge in [-0.2, -0.15) is 0 Å². The van der Waals surface area contributed by atoms with Gasteiger partial charge in [0.15, 0.2) is 9.84 Å². The van der Waals surface area contributed by atoms with Crippen molar-refractivity contribution in [2.45, 2.75) is 31.4 Å². The topological polar surface area (TPSA) is 98.5 Å². The molecular weight excluding hydrogens is 268 g/mol. The maximum absolute atomic E-state index is 12.4. The summed E-state index contributed by atoms with van der Waals surface area (Å²) < 4.78 is 28.6. The van der Waals surface area contributed by atoms with Crippen LogP contribution in [0, 0.1) is 5.92 Å². The SMILES string of the molecule is CC(C)(C(=O)NCCN)S(=O)(=O)CC1CCOCC1. The third-order valence-electron chi connectivity index (χ3n) is 3.55. The summed E-state index contributed by atoms with van der Waals surface area (Å²) in [6.07, 6.45) is 1.47. The molecule has 3 N–H and O–H groups in total. The fourth-order valence-corrected chi connectivity index (χ4v) is 3.70. The molecule has 19 heavy (non-hydrogen) atoms. The van der Waals surface area contributed by atoms with E-state index >= 15 is 0 Å². The zero-order valence-electron chi connectivity index (χ0n) is 11.6. The summed E-state index contributed by atoms with van der Waals surface area (Å²) in [5.74, 6) is -0.357. The molecule has 1 aliphatic heterocycles. The van der Waals surface area contributed by atoms with Crippen LogP contribution in [-0.4, -0.2) is 51.1 Å². The fourth-order valence-electron chi connectivity index (χ4n) is 1.97. The summed E-state index contributed by atoms with van der Waals surface area (Å²) in [5, 5.41) is 2.55. The second-order valence-corrected chi connectivity index (χ2v) is 7.98. The van der Waals surface area contributed by atoms with E-state index in [1.165, 1.54) is 13.8 Å². The number of carbonyl (C=O) groups is 1. The van der Waals surface area contributed by atoms with Crippen molar-refractivity contribution in [1.29, 1.82) is 0 Å². The van der Waals surface area contributed by atoms with E-state index in [0.717, 1.165) is 12.8 Å². The first-order chi connectivity index (χ1) is 8.81. The minimum absolute atomic E-state index is 0.0411. The van der Waals surface area contributed by atoms with E-state index in [2.05, 4.69) is 5.32 Å². The third kappa shape index (κ3) is 4.15. The van der Waals surface area contributed by atoms with E-state index in [4.69, 9.17) is 10.5 Å². The van der Waals surface area contributed by atoms with Gasteiger partial charge in [-0.25, -0.2) is 8.42 Å². The molecule has 1 amide bonds. The molecule has 0 radical (unpaired) electrons. The van der Waals surface area contributed by atoms with Gasteiger partial charge in [-0.1, -0.05) is 0 Å². The Morgan fingerprint density at radius 2 is 1.95 bits per heavy atom. The minimum Gasteiger partial charge on any atom is -0.381 e. The quantitative estimate of drug-likeness (QED) is 0.699. The van der Waals surface area contributed by atoms with Gasteiger partial charge in [-0.05, 0) is 32.6 Å². The van der Waals surface area contributed by atoms with Crippen molar-refractivity contribution >= 4 is 15.7 Å². The van der Waals surface area contributed by atoms with Crippen molar-refractivity contribution in [3.05, 3.63) is 0 Å². The van der Waals surface area contributed by atoms with Crippen LogP contribution in [0.25, 0.3) is 0 Å². The zero-order chi connectivity index (χ0) is 14.5. The first-order valence-corrected chi connectivity index (χ1v) is 8.25. The monoisotopic (exact) mass is 292 g/mol. The summed E-state index contributed by atoms with van der Waals surface area (Å²) in [6.45, 7) is 4.68. The number of nitrogens with two attached hydrogens (primary N) is 1. The molecule has 1 fully saturated rings. The lowest BCUT2D eigenvalue weighted by molar-refractivity contribution is -0.122. The lowest BCUT2D eigenvalue weighted by Crippen LogP contribution is -2.50. The van der Waals surface area contributed by atoms with Crippen LogP contribution >= 0.6 is 0 Å². The number of amides is 1. The summed E-state index contributed by atoms with van der Waals surface area (Å²) in [4.78, 5) is 11.9. The molecule has 0 aromatic heterocycles. The van der Waals surface area contributed by atoms with Gasteiger partial charge >= 0.3 is 0 Å². The molecule has 0 atom stereocenters. The molecule has 1 saturated heterocycles. The van der Waals surface area contributed by atoms with Crippen molar-refractivity contribution in [1.82, 2.24) is 5.32 Å². The predicted octanol–water partition coefficient (Wildman–Crippen LogP) is -0.319. The fraction of sp³-hybridized carbons (Fsp3) is 0.917. The number of nitrogens with one attached hydrogen (secondary N) is 1. The van der Waals surface area contributed by atoms with E-state index in [9.17, 15) is 13.2 Å². The molecule has 112 valence electrons. The van der Waals surface area contributed by atoms with Gasteiger partial charge in [0, 0.05) is 26.3 Å². The maximum Gasteiger partial charge on any atom is 0.240 e. The molecule has 0 saturated carbocycles. The van der Waals surface area contributed by atoms with Crippen molar-refractivity contribution in [3.63, 3.8) is 0 Å². The highest BCUT2D eigenvalue weighted by Gasteiger charge is 2.42. The first-order valence-electron chi connectivity index (χ1n) is 6.59. The van der Waals surface area contributed by atoms with Gasteiger partial charge in [0.2, 0.25) is 5.91 Å². The van der Waals surface area contributed by atoms with Crippen molar-refractivity contribution in [3.8, 4) is 0 Å². The number of sulfone groups is 1. The van der Waals surface area contributed by atoms with Crippen LogP contribution in [0.3, 0.4) is 0 Å². The Morgan fingerprint density at radius 3 is 2.47 bits per heavy atom. The number of rotatable bonds is 6. The molecule has 0 aromatic rings. The maximum atomic E-state index is 12.4. The van der Waals surface area contributed by atoms with E-state index in [1.54, 1.807) is 0 Å². The van der Waals surface area contributed by atoms with Crippen molar-refractivity contribution in [2.75, 3.05) is 32.1 Å². The van der Waals surface area contributed by atoms with Gasteiger partial charge in [0.1, 0.15) is 4.75 Å². The molecule has 1 rings (SSSR count). The Morgan fingerprint density at radius 1 is 1.37 bits per heavy atom. The third-order valence-corrected chi connectivity index (χ3v) is 6.20. The molecule has 7 heteroatoms. The van der Waals surface area contributed by atoms with Crippen LogP contribution in [0.5, 0.6) is 0 Å². The van der Waals surface area contributed by atoms with E-state index < -0.39 is 20.5 Å². The highest BCUT2D eigenvalue weighted by atomic mass is 32.2. The molecule has 0 bridgehead atoms. The van der Waals surface area contributed by atoms with Gasteiger partial charge in [0.25, 0.3) is 0 Å². The van der Waals surface area contributed by atoms with Gasteiger partial charge < -0.3 is 15.8 Å². The minimum atomic E-state index is -3.50. The second-order valence-electron chi connectivity index (χ2n) is 5.39. The average Bonchev–Trinajstić information content (AvgIpc) is 2.36. The first kappa shape index (κ1) is 16.4. The largest absolute Gasteiger partial charge is 0.381 e. The Hall–Kier alpha value is -0.660. The van der Waals surface area contributed by atoms with E-state index in [1.807, 2.05) is 0 Å². The summed E-state index contributed by atoms with van der Waals surface area (Å²) in [7, 11) is -3.50. The number of hydrogen-bond donors (Lipinski definition) is 2. The number of ether oxygens (including phenoxy) is 1. The van der Waals surface area contributed by atoms with Crippen molar-refractivity contribution in [2.24, 2.45) is 11.7 Å². The van der Waals surface area contributed by atoms with Crippen molar-refractivity contribution < 1.29 is 17.9 Å². The van der Waals surface area contributed by atoms with Crippen LogP contribution in [-0.2, 0) is 19.4 Å². The molecule has 0 aromatic carbocycles. The van der Waals surface area contributed by atoms with Gasteiger partial charge in [0.05, 0.1) is 5.75 Å². The lowest BCUT2D eigenvalue weighted by atomic mass is 10.0. The Labute approximate surface area is 115 Å². The summed E-state index contributed by atoms with van der Waals surface area (Å²) in [6, 6.07) is 0. The standard InChI is InChI=1S/C12H24N2O4S/c1-12(2,11(15)14-6-5-13)19(16,17)9-10-3-7-18-8-4-10/h10H,3-9,13H2,1-2H3,(H,14,15). The van der Waals surface area contributed by atoms with Crippen LogP contribution < -0.4 is 11.1 Å². The average molecular weight is 292 g/mol. The Balaban J connectivity index is 2.70. The predicted molar refractivity (Wildman–Crippen MR) is 73.5 cm³/mol. The molecule has 0 unspecified atom stereocenters. The van der Waals surface area contributed by atoms with Crippen LogP contribution in [0.1, 0.15) is 26.7 Å². The summed E-state index contributed by atoms with van der Waals surface area (Å²) >= 11 is 0. The van der Waals surface area contributed by atoms with Gasteiger partial charge in [-0.3, -0.25) is 4.79 Å². The molecule has 0 spiro atoms. The van der Waals surface area contributed by atoms with Crippen LogP contribution in [0.4, 0.5) is 0 Å². The zero-order valence-corrected chi connectivity index (χ0v) is 12.5. The van der Waals surface area contributed by atoms with E-state index in [0.29, 0.717) is 19.8 Å². The van der Waals surface area contributed by atoms with Gasteiger partial charge in [-0.15, -0.1) is 0 Å². The molecule has 0 aliphatic carbocycles. The summed E-state index contributed by atoms with van der Waals surface area (Å²) in [5.41, 5.74) is 5.30. The van der Waals surface area contributed by atoms with E-state index in [-0.39, 0.29) is 18.2 Å². The lowest BCUT2D eigenvalue weighted by Gasteiger charge is -2.28. The highest BCUT2D eigenvalue weighted by molar-refractivity contribution is 7.93. The Bertz CT molecular complexity index is 400. The number of carbonyl (C=O) groups excluding carboxylic acids is 1. The molecular formula is C12H24N2O4S. The number of hydrogen-bond acceptors (Lipinski definition) is 5. The Kier molecular flexibility index (Phi) is 5.76. The van der Waals surface area contributed by atoms with Crippen LogP contribution in [0.15, 0.2) is 0 Å². The smallest absolute Gasteiger partial charge is 0.240 e. The molecule has 1 heterocycles. The highest BCUT2D eigenvalue weighted by Crippen LogP contribution is 2.24.